The van der Waals surface area contributed by atoms with E-state index in [2.05, 4.69) is 5.32 Å². The summed E-state index contributed by atoms with van der Waals surface area (Å²) in [5.41, 5.74) is 1.28. The lowest BCUT2D eigenvalue weighted by Crippen LogP contribution is -2.40. The largest absolute Gasteiger partial charge is 0.490 e. The van der Waals surface area contributed by atoms with Gasteiger partial charge in [0.2, 0.25) is 15.9 Å². The predicted molar refractivity (Wildman–Crippen MR) is 122 cm³/mol. The summed E-state index contributed by atoms with van der Waals surface area (Å²) in [5.74, 6) is 1.36. The van der Waals surface area contributed by atoms with Gasteiger partial charge in [0.25, 0.3) is 0 Å². The maximum atomic E-state index is 12.9. The van der Waals surface area contributed by atoms with Gasteiger partial charge < -0.3 is 19.5 Å². The number of benzene rings is 2. The lowest BCUT2D eigenvalue weighted by atomic mass is 10.2. The van der Waals surface area contributed by atoms with Crippen LogP contribution in [0.25, 0.3) is 0 Å². The third-order valence-corrected chi connectivity index (χ3v) is 8.07. The van der Waals surface area contributed by atoms with Crippen LogP contribution in [0.15, 0.2) is 46.2 Å². The average Bonchev–Trinajstić information content (AvgIpc) is 3.04. The molecule has 0 spiro atoms. The van der Waals surface area contributed by atoms with Gasteiger partial charge in [0.05, 0.1) is 37.1 Å². The molecule has 2 heterocycles. The molecular weight excluding hydrogens is 452 g/mol. The lowest BCUT2D eigenvalue weighted by molar-refractivity contribution is -0.113. The van der Waals surface area contributed by atoms with Crippen molar-refractivity contribution in [2.75, 3.05) is 50.6 Å². The summed E-state index contributed by atoms with van der Waals surface area (Å²) >= 11 is 1.38. The summed E-state index contributed by atoms with van der Waals surface area (Å²) in [7, 11) is -3.63. The van der Waals surface area contributed by atoms with Crippen molar-refractivity contribution in [1.82, 2.24) is 4.31 Å². The first-order valence-electron chi connectivity index (χ1n) is 10.4. The van der Waals surface area contributed by atoms with Crippen LogP contribution in [0, 0.1) is 6.92 Å². The number of fused-ring (bicyclic) bond motifs is 1. The highest BCUT2D eigenvalue weighted by molar-refractivity contribution is 8.00. The van der Waals surface area contributed by atoms with Crippen molar-refractivity contribution in [1.29, 1.82) is 0 Å². The van der Waals surface area contributed by atoms with Crippen LogP contribution in [0.5, 0.6) is 11.5 Å². The van der Waals surface area contributed by atoms with Crippen LogP contribution < -0.4 is 14.8 Å². The van der Waals surface area contributed by atoms with Crippen molar-refractivity contribution in [3.8, 4) is 11.5 Å². The maximum Gasteiger partial charge on any atom is 0.243 e. The first-order chi connectivity index (χ1) is 15.4. The standard InChI is InChI=1S/C22H26N2O6S2/c1-16-3-5-18(32(26,27)24-7-11-28-12-8-24)14-19(16)23-22(25)15-31-17-4-6-20-21(13-17)30-10-2-9-29-20/h3-6,13-14H,2,7-12,15H2,1H3,(H,23,25). The van der Waals surface area contributed by atoms with E-state index in [0.29, 0.717) is 56.7 Å². The Morgan fingerprint density at radius 3 is 2.56 bits per heavy atom. The molecule has 2 aromatic carbocycles. The molecule has 0 atom stereocenters. The molecule has 4 rings (SSSR count). The number of ether oxygens (including phenoxy) is 3. The zero-order valence-corrected chi connectivity index (χ0v) is 19.5. The molecule has 2 aromatic rings. The second-order valence-corrected chi connectivity index (χ2v) is 10.5. The minimum absolute atomic E-state index is 0.163. The van der Waals surface area contributed by atoms with Gasteiger partial charge in [-0.25, -0.2) is 8.42 Å². The summed E-state index contributed by atoms with van der Waals surface area (Å²) in [5, 5.41) is 2.84. The monoisotopic (exact) mass is 478 g/mol. The number of carbonyl (C=O) groups excluding carboxylic acids is 1. The molecule has 2 aliphatic heterocycles. The summed E-state index contributed by atoms with van der Waals surface area (Å²) < 4.78 is 43.8. The van der Waals surface area contributed by atoms with Gasteiger partial charge in [-0.1, -0.05) is 6.07 Å². The van der Waals surface area contributed by atoms with E-state index in [9.17, 15) is 13.2 Å². The van der Waals surface area contributed by atoms with Gasteiger partial charge in [0, 0.05) is 30.1 Å². The molecule has 0 aliphatic carbocycles. The number of rotatable bonds is 6. The highest BCUT2D eigenvalue weighted by Gasteiger charge is 2.27. The second kappa shape index (κ2) is 10.1. The SMILES string of the molecule is Cc1ccc(S(=O)(=O)N2CCOCC2)cc1NC(=O)CSc1ccc2c(c1)OCCCO2. The van der Waals surface area contributed by atoms with Gasteiger partial charge in [-0.05, 0) is 42.8 Å². The Balaban J connectivity index is 1.41. The number of anilines is 1. The van der Waals surface area contributed by atoms with Crippen molar-refractivity contribution >= 4 is 33.4 Å². The van der Waals surface area contributed by atoms with E-state index in [1.165, 1.54) is 22.1 Å². The summed E-state index contributed by atoms with van der Waals surface area (Å²) in [6.45, 7) is 4.47. The van der Waals surface area contributed by atoms with Crippen LogP contribution >= 0.6 is 11.8 Å². The predicted octanol–water partition coefficient (Wildman–Crippen LogP) is 2.91. The Morgan fingerprint density at radius 1 is 1.03 bits per heavy atom. The molecule has 0 saturated carbocycles. The molecule has 1 amide bonds. The molecule has 1 N–H and O–H groups in total. The molecule has 2 aliphatic rings. The highest BCUT2D eigenvalue weighted by atomic mass is 32.2. The molecule has 32 heavy (non-hydrogen) atoms. The van der Waals surface area contributed by atoms with E-state index in [-0.39, 0.29) is 16.6 Å². The molecule has 0 bridgehead atoms. The summed E-state index contributed by atoms with van der Waals surface area (Å²) in [6.07, 6.45) is 0.833. The zero-order chi connectivity index (χ0) is 22.6. The zero-order valence-electron chi connectivity index (χ0n) is 17.8. The third-order valence-electron chi connectivity index (χ3n) is 5.18. The number of nitrogens with zero attached hydrogens (tertiary/aromatic N) is 1. The smallest absolute Gasteiger partial charge is 0.243 e. The Hall–Kier alpha value is -2.27. The molecule has 172 valence electrons. The van der Waals surface area contributed by atoms with Crippen molar-refractivity contribution in [2.24, 2.45) is 0 Å². The van der Waals surface area contributed by atoms with Crippen LogP contribution in [0.1, 0.15) is 12.0 Å². The van der Waals surface area contributed by atoms with Crippen LogP contribution in [0.2, 0.25) is 0 Å². The Morgan fingerprint density at radius 2 is 1.78 bits per heavy atom. The lowest BCUT2D eigenvalue weighted by Gasteiger charge is -2.26. The Bertz CT molecular complexity index is 1080. The van der Waals surface area contributed by atoms with Crippen LogP contribution in [0.4, 0.5) is 5.69 Å². The molecule has 8 nitrogen and oxygen atoms in total. The highest BCUT2D eigenvalue weighted by Crippen LogP contribution is 2.34. The number of amides is 1. The van der Waals surface area contributed by atoms with E-state index in [0.717, 1.165) is 16.9 Å². The first-order valence-corrected chi connectivity index (χ1v) is 12.9. The quantitative estimate of drug-likeness (QED) is 0.638. The van der Waals surface area contributed by atoms with Crippen LogP contribution in [-0.4, -0.2) is 63.9 Å². The van der Waals surface area contributed by atoms with E-state index in [1.54, 1.807) is 12.1 Å². The maximum absolute atomic E-state index is 12.9. The van der Waals surface area contributed by atoms with Gasteiger partial charge in [-0.3, -0.25) is 4.79 Å². The summed E-state index contributed by atoms with van der Waals surface area (Å²) in [4.78, 5) is 13.6. The van der Waals surface area contributed by atoms with Gasteiger partial charge >= 0.3 is 0 Å². The number of thioether (sulfide) groups is 1. The fourth-order valence-corrected chi connectivity index (χ4v) is 5.56. The molecular formula is C22H26N2O6S2. The Kier molecular flexibility index (Phi) is 7.24. The van der Waals surface area contributed by atoms with E-state index in [4.69, 9.17) is 14.2 Å². The van der Waals surface area contributed by atoms with Crippen LogP contribution in [0.3, 0.4) is 0 Å². The van der Waals surface area contributed by atoms with E-state index >= 15 is 0 Å². The fourth-order valence-electron chi connectivity index (χ4n) is 3.40. The minimum atomic E-state index is -3.63. The fraction of sp³-hybridized carbons (Fsp3) is 0.409. The molecule has 1 saturated heterocycles. The van der Waals surface area contributed by atoms with Crippen molar-refractivity contribution < 1.29 is 27.4 Å². The summed E-state index contributed by atoms with van der Waals surface area (Å²) in [6, 6.07) is 10.4. The number of sulfonamides is 1. The molecule has 1 fully saturated rings. The molecule has 0 aromatic heterocycles. The number of hydrogen-bond acceptors (Lipinski definition) is 7. The number of hydrogen-bond donors (Lipinski definition) is 1. The normalized spacial score (nSPS) is 16.9. The van der Waals surface area contributed by atoms with Crippen molar-refractivity contribution in [2.45, 2.75) is 23.1 Å². The third kappa shape index (κ3) is 5.37. The molecule has 0 unspecified atom stereocenters. The molecule has 0 radical (unpaired) electrons. The van der Waals surface area contributed by atoms with Crippen molar-refractivity contribution in [3.63, 3.8) is 0 Å². The van der Waals surface area contributed by atoms with E-state index < -0.39 is 10.0 Å². The van der Waals surface area contributed by atoms with Crippen LogP contribution in [-0.2, 0) is 19.6 Å². The average molecular weight is 479 g/mol. The number of carbonyl (C=O) groups is 1. The second-order valence-electron chi connectivity index (χ2n) is 7.49. The molecule has 10 heteroatoms. The topological polar surface area (TPSA) is 94.2 Å². The number of aryl methyl sites for hydroxylation is 1. The van der Waals surface area contributed by atoms with Crippen molar-refractivity contribution in [3.05, 3.63) is 42.0 Å². The number of nitrogens with one attached hydrogen (secondary N) is 1. The van der Waals surface area contributed by atoms with Gasteiger partial charge in [-0.15, -0.1) is 11.8 Å². The van der Waals surface area contributed by atoms with Gasteiger partial charge in [-0.2, -0.15) is 4.31 Å². The Labute approximate surface area is 192 Å². The first kappa shape index (κ1) is 22.9. The van der Waals surface area contributed by atoms with E-state index in [1.807, 2.05) is 25.1 Å². The van der Waals surface area contributed by atoms with Gasteiger partial charge in [0.1, 0.15) is 0 Å². The van der Waals surface area contributed by atoms with Gasteiger partial charge in [0.15, 0.2) is 11.5 Å². The number of morpholine rings is 1. The minimum Gasteiger partial charge on any atom is -0.490 e.